The average molecular weight is 270 g/mol. The Bertz CT molecular complexity index is 585. The third-order valence-corrected chi connectivity index (χ3v) is 4.13. The zero-order valence-electron chi connectivity index (χ0n) is 12.9. The van der Waals surface area contributed by atoms with Crippen molar-refractivity contribution in [1.29, 1.82) is 0 Å². The minimum absolute atomic E-state index is 0.382. The summed E-state index contributed by atoms with van der Waals surface area (Å²) in [5, 5.41) is 5.02. The van der Waals surface area contributed by atoms with Crippen molar-refractivity contribution in [3.63, 3.8) is 0 Å². The van der Waals surface area contributed by atoms with E-state index in [0.717, 1.165) is 19.1 Å². The second-order valence-electron chi connectivity index (χ2n) is 7.31. The van der Waals surface area contributed by atoms with Crippen LogP contribution in [0.15, 0.2) is 30.3 Å². The van der Waals surface area contributed by atoms with E-state index in [0.29, 0.717) is 5.41 Å². The van der Waals surface area contributed by atoms with Crippen LogP contribution in [0, 0.1) is 5.41 Å². The molecule has 1 aromatic carbocycles. The minimum atomic E-state index is 0.382. The van der Waals surface area contributed by atoms with Crippen LogP contribution in [0.25, 0.3) is 10.9 Å². The second kappa shape index (κ2) is 5.25. The van der Waals surface area contributed by atoms with E-state index in [1.165, 1.54) is 35.9 Å². The highest BCUT2D eigenvalue weighted by Crippen LogP contribution is 2.26. The normalized spacial score (nSPS) is 15.9. The third kappa shape index (κ3) is 3.24. The maximum absolute atomic E-state index is 3.65. The molecular weight excluding hydrogens is 244 g/mol. The van der Waals surface area contributed by atoms with Crippen LogP contribution in [0.5, 0.6) is 0 Å². The van der Waals surface area contributed by atoms with Crippen LogP contribution in [-0.2, 0) is 13.1 Å². The van der Waals surface area contributed by atoms with Crippen molar-refractivity contribution in [2.45, 2.75) is 59.2 Å². The molecule has 0 radical (unpaired) electrons. The number of para-hydroxylation sites is 1. The number of hydrogen-bond donors (Lipinski definition) is 1. The fourth-order valence-corrected chi connectivity index (χ4v) is 2.66. The molecule has 0 unspecified atom stereocenters. The Morgan fingerprint density at radius 3 is 2.65 bits per heavy atom. The molecule has 1 aliphatic carbocycles. The predicted molar refractivity (Wildman–Crippen MR) is 85.9 cm³/mol. The van der Waals surface area contributed by atoms with Crippen LogP contribution in [0.2, 0.25) is 0 Å². The lowest BCUT2D eigenvalue weighted by Gasteiger charge is -2.20. The lowest BCUT2D eigenvalue weighted by molar-refractivity contribution is 0.350. The smallest absolute Gasteiger partial charge is 0.0482 e. The van der Waals surface area contributed by atoms with E-state index in [1.54, 1.807) is 0 Å². The lowest BCUT2D eigenvalue weighted by atomic mass is 9.92. The van der Waals surface area contributed by atoms with E-state index < -0.39 is 0 Å². The van der Waals surface area contributed by atoms with Crippen molar-refractivity contribution in [2.24, 2.45) is 5.41 Å². The molecule has 1 saturated carbocycles. The van der Waals surface area contributed by atoms with E-state index in [9.17, 15) is 0 Å². The van der Waals surface area contributed by atoms with Crippen LogP contribution in [-0.4, -0.2) is 10.6 Å². The summed E-state index contributed by atoms with van der Waals surface area (Å²) in [5.74, 6) is 0. The summed E-state index contributed by atoms with van der Waals surface area (Å²) in [5.41, 5.74) is 3.19. The van der Waals surface area contributed by atoms with Gasteiger partial charge in [0.15, 0.2) is 0 Å². The summed E-state index contributed by atoms with van der Waals surface area (Å²) < 4.78 is 2.51. The van der Waals surface area contributed by atoms with Crippen LogP contribution in [0.3, 0.4) is 0 Å². The Hall–Kier alpha value is -1.28. The average Bonchev–Trinajstić information content (AvgIpc) is 3.14. The van der Waals surface area contributed by atoms with Gasteiger partial charge in [0.2, 0.25) is 0 Å². The number of benzene rings is 1. The first-order valence-corrected chi connectivity index (χ1v) is 7.83. The van der Waals surface area contributed by atoms with Gasteiger partial charge in [0, 0.05) is 30.3 Å². The standard InChI is InChI=1S/C18H26N2/c1-18(2,3)10-11-20-16(13-19-15-8-9-15)12-14-6-4-5-7-17(14)20/h4-7,12,15,19H,8-11,13H2,1-3H3. The maximum atomic E-state index is 3.65. The number of hydrogen-bond acceptors (Lipinski definition) is 1. The van der Waals surface area contributed by atoms with Crippen molar-refractivity contribution in [1.82, 2.24) is 9.88 Å². The molecule has 0 spiro atoms. The number of nitrogens with one attached hydrogen (secondary N) is 1. The van der Waals surface area contributed by atoms with Gasteiger partial charge >= 0.3 is 0 Å². The van der Waals surface area contributed by atoms with Crippen LogP contribution in [0.1, 0.15) is 45.7 Å². The molecule has 20 heavy (non-hydrogen) atoms. The number of fused-ring (bicyclic) bond motifs is 1. The molecule has 1 heterocycles. The van der Waals surface area contributed by atoms with E-state index in [4.69, 9.17) is 0 Å². The molecular formula is C18H26N2. The van der Waals surface area contributed by atoms with Crippen molar-refractivity contribution in [3.8, 4) is 0 Å². The van der Waals surface area contributed by atoms with Crippen LogP contribution < -0.4 is 5.32 Å². The van der Waals surface area contributed by atoms with Gasteiger partial charge in [0.1, 0.15) is 0 Å². The summed E-state index contributed by atoms with van der Waals surface area (Å²) >= 11 is 0. The van der Waals surface area contributed by atoms with Crippen molar-refractivity contribution >= 4 is 10.9 Å². The molecule has 1 aliphatic rings. The molecule has 3 rings (SSSR count). The van der Waals surface area contributed by atoms with Gasteiger partial charge in [-0.15, -0.1) is 0 Å². The largest absolute Gasteiger partial charge is 0.343 e. The lowest BCUT2D eigenvalue weighted by Crippen LogP contribution is -2.19. The maximum Gasteiger partial charge on any atom is 0.0482 e. The molecule has 108 valence electrons. The van der Waals surface area contributed by atoms with Gasteiger partial charge in [-0.05, 0) is 42.2 Å². The molecule has 0 bridgehead atoms. The highest BCUT2D eigenvalue weighted by Gasteiger charge is 2.21. The molecule has 2 nitrogen and oxygen atoms in total. The van der Waals surface area contributed by atoms with Gasteiger partial charge in [0.05, 0.1) is 0 Å². The Morgan fingerprint density at radius 2 is 1.95 bits per heavy atom. The number of aryl methyl sites for hydroxylation is 1. The highest BCUT2D eigenvalue weighted by atomic mass is 15.0. The Kier molecular flexibility index (Phi) is 3.59. The molecule has 2 aromatic rings. The fourth-order valence-electron chi connectivity index (χ4n) is 2.66. The molecule has 0 amide bonds. The molecule has 1 aromatic heterocycles. The van der Waals surface area contributed by atoms with Crippen molar-refractivity contribution in [2.75, 3.05) is 0 Å². The van der Waals surface area contributed by atoms with Crippen LogP contribution in [0.4, 0.5) is 0 Å². The summed E-state index contributed by atoms with van der Waals surface area (Å²) in [6.07, 6.45) is 3.91. The van der Waals surface area contributed by atoms with Crippen molar-refractivity contribution < 1.29 is 0 Å². The summed E-state index contributed by atoms with van der Waals surface area (Å²) in [7, 11) is 0. The van der Waals surface area contributed by atoms with Crippen LogP contribution >= 0.6 is 0 Å². The quantitative estimate of drug-likeness (QED) is 0.855. The van der Waals surface area contributed by atoms with Crippen molar-refractivity contribution in [3.05, 3.63) is 36.0 Å². The molecule has 2 heteroatoms. The Balaban J connectivity index is 1.85. The van der Waals surface area contributed by atoms with Gasteiger partial charge in [-0.25, -0.2) is 0 Å². The zero-order valence-corrected chi connectivity index (χ0v) is 12.9. The second-order valence-corrected chi connectivity index (χ2v) is 7.31. The molecule has 0 atom stereocenters. The van der Waals surface area contributed by atoms with Gasteiger partial charge in [0.25, 0.3) is 0 Å². The van der Waals surface area contributed by atoms with Gasteiger partial charge in [-0.2, -0.15) is 0 Å². The van der Waals surface area contributed by atoms with E-state index in [2.05, 4.69) is 61.0 Å². The molecule has 0 aliphatic heterocycles. The molecule has 1 fully saturated rings. The van der Waals surface area contributed by atoms with Gasteiger partial charge < -0.3 is 9.88 Å². The van der Waals surface area contributed by atoms with E-state index in [-0.39, 0.29) is 0 Å². The third-order valence-electron chi connectivity index (χ3n) is 4.13. The van der Waals surface area contributed by atoms with Gasteiger partial charge in [-0.3, -0.25) is 0 Å². The fraction of sp³-hybridized carbons (Fsp3) is 0.556. The summed E-state index contributed by atoms with van der Waals surface area (Å²) in [4.78, 5) is 0. The minimum Gasteiger partial charge on any atom is -0.343 e. The summed E-state index contributed by atoms with van der Waals surface area (Å²) in [6, 6.07) is 11.9. The zero-order chi connectivity index (χ0) is 14.2. The topological polar surface area (TPSA) is 17.0 Å². The van der Waals surface area contributed by atoms with E-state index >= 15 is 0 Å². The summed E-state index contributed by atoms with van der Waals surface area (Å²) in [6.45, 7) is 9.07. The number of nitrogens with zero attached hydrogens (tertiary/aromatic N) is 1. The molecule has 1 N–H and O–H groups in total. The molecule has 0 saturated heterocycles. The first kappa shape index (κ1) is 13.7. The van der Waals surface area contributed by atoms with Gasteiger partial charge in [-0.1, -0.05) is 39.0 Å². The number of rotatable bonds is 5. The van der Waals surface area contributed by atoms with E-state index in [1.807, 2.05) is 0 Å². The Morgan fingerprint density at radius 1 is 1.20 bits per heavy atom. The predicted octanol–water partition coefficient (Wildman–Crippen LogP) is 4.33. The first-order chi connectivity index (χ1) is 9.53. The Labute approximate surface area is 122 Å². The number of aromatic nitrogens is 1. The SMILES string of the molecule is CC(C)(C)CCn1c(CNC2CC2)cc2ccccc21. The monoisotopic (exact) mass is 270 g/mol. The highest BCUT2D eigenvalue weighted by molar-refractivity contribution is 5.81. The first-order valence-electron chi connectivity index (χ1n) is 7.83.